The Morgan fingerprint density at radius 1 is 1.20 bits per heavy atom. The van der Waals surface area contributed by atoms with Crippen molar-refractivity contribution in [1.29, 1.82) is 5.26 Å². The molecule has 28 valence electrons. The molecule has 0 amide bonds. The standard InChI is InChI=1S/CN.K.Ni.H2O/c1-2;;;/h;;;1H2/q-1;;+1;. The van der Waals surface area contributed by atoms with Gasteiger partial charge in [-0.15, -0.1) is 0 Å². The van der Waals surface area contributed by atoms with Gasteiger partial charge in [-0.05, 0) is 0 Å². The third-order valence-corrected chi connectivity index (χ3v) is 0. The summed E-state index contributed by atoms with van der Waals surface area (Å²) in [4.78, 5) is 0. The predicted octanol–water partition coefficient (Wildman–Crippen LogP) is -1.11. The van der Waals surface area contributed by atoms with Gasteiger partial charge in [0.15, 0.2) is 0 Å². The second-order valence-electron chi connectivity index (χ2n) is 0. The quantitative estimate of drug-likeness (QED) is 0.312. The van der Waals surface area contributed by atoms with E-state index in [2.05, 4.69) is 0 Å². The summed E-state index contributed by atoms with van der Waals surface area (Å²) in [6, 6.07) is 0. The smallest absolute Gasteiger partial charge is 0.512 e. The number of rotatable bonds is 0. The second kappa shape index (κ2) is 46.9. The van der Waals surface area contributed by atoms with Gasteiger partial charge >= 0.3 is 16.5 Å². The van der Waals surface area contributed by atoms with Crippen molar-refractivity contribution in [1.82, 2.24) is 0 Å². The van der Waals surface area contributed by atoms with Gasteiger partial charge in [0.05, 0.1) is 0 Å². The van der Waals surface area contributed by atoms with Crippen molar-refractivity contribution < 1.29 is 22.0 Å². The molecule has 0 aliphatic heterocycles. The zero-order valence-corrected chi connectivity index (χ0v) is 6.87. The maximum absolute atomic E-state index is 6.25. The Balaban J connectivity index is -0.00000000167. The van der Waals surface area contributed by atoms with E-state index in [0.717, 1.165) is 0 Å². The van der Waals surface area contributed by atoms with E-state index in [-0.39, 0.29) is 73.4 Å². The van der Waals surface area contributed by atoms with Crippen molar-refractivity contribution in [2.45, 2.75) is 0 Å². The fraction of sp³-hybridized carbons (Fsp3) is 0. The van der Waals surface area contributed by atoms with E-state index in [1.807, 2.05) is 0 Å². The summed E-state index contributed by atoms with van der Waals surface area (Å²) in [6.07, 6.45) is 0. The minimum Gasteiger partial charge on any atom is -0.512 e. The van der Waals surface area contributed by atoms with Crippen molar-refractivity contribution in [2.24, 2.45) is 0 Å². The predicted molar refractivity (Wildman–Crippen MR) is 14.3 cm³/mol. The maximum Gasteiger partial charge on any atom is 1.00 e. The Morgan fingerprint density at radius 3 is 1.20 bits per heavy atom. The van der Waals surface area contributed by atoms with E-state index in [9.17, 15) is 0 Å². The molecule has 0 saturated heterocycles. The SMILES string of the molecule is O.[C-]#N.[K].[Ni+]. The average molecular weight is 142 g/mol. The Kier molecular flexibility index (Phi) is 289. The Bertz CT molecular complexity index is 16.4. The molecule has 2 radical (unpaired) electrons. The molecule has 0 aliphatic carbocycles. The largest absolute Gasteiger partial charge is 1.00 e. The normalized spacial score (nSPS) is 0.400. The first-order chi connectivity index (χ1) is 1.00. The molecule has 0 aromatic rings. The van der Waals surface area contributed by atoms with Crippen LogP contribution in [0.5, 0.6) is 0 Å². The van der Waals surface area contributed by atoms with Gasteiger partial charge < -0.3 is 17.3 Å². The summed E-state index contributed by atoms with van der Waals surface area (Å²) >= 11 is 0. The minimum atomic E-state index is 0. The first-order valence-corrected chi connectivity index (χ1v) is 0.224. The molecular weight excluding hydrogens is 140 g/mol. The Labute approximate surface area is 83.6 Å². The first kappa shape index (κ1) is 30.8. The van der Waals surface area contributed by atoms with Crippen LogP contribution >= 0.6 is 0 Å². The average Bonchev–Trinajstić information content (AvgIpc) is 1.00. The number of hydrogen-bond acceptors (Lipinski definition) is 1. The Hall–Kier alpha value is 1.58. The van der Waals surface area contributed by atoms with Gasteiger partial charge in [-0.3, -0.25) is 0 Å². The number of hydrogen-bond donors (Lipinski definition) is 0. The van der Waals surface area contributed by atoms with E-state index < -0.39 is 0 Å². The fourth-order valence-corrected chi connectivity index (χ4v) is 0. The van der Waals surface area contributed by atoms with E-state index in [0.29, 0.717) is 0 Å². The van der Waals surface area contributed by atoms with Crippen molar-refractivity contribution in [3.63, 3.8) is 0 Å². The molecule has 2 N–H and O–H groups in total. The van der Waals surface area contributed by atoms with Crippen LogP contribution in [0, 0.1) is 11.8 Å². The number of nitrogens with zero attached hydrogens (tertiary/aromatic N) is 1. The van der Waals surface area contributed by atoms with Crippen LogP contribution in [0.15, 0.2) is 0 Å². The molecule has 0 atom stereocenters. The van der Waals surface area contributed by atoms with E-state index >= 15 is 0 Å². The maximum atomic E-state index is 6.25. The van der Waals surface area contributed by atoms with Gasteiger partial charge in [0.25, 0.3) is 0 Å². The van der Waals surface area contributed by atoms with Crippen LogP contribution in [0.1, 0.15) is 0 Å². The summed E-state index contributed by atoms with van der Waals surface area (Å²) in [5.74, 6) is 0. The van der Waals surface area contributed by atoms with Crippen LogP contribution in [0.4, 0.5) is 0 Å². The van der Waals surface area contributed by atoms with Gasteiger partial charge in [0.2, 0.25) is 0 Å². The van der Waals surface area contributed by atoms with Gasteiger partial charge in [0, 0.05) is 51.4 Å². The van der Waals surface area contributed by atoms with Gasteiger partial charge in [-0.2, -0.15) is 0 Å². The van der Waals surface area contributed by atoms with Crippen LogP contribution in [0.25, 0.3) is 0 Å². The molecule has 2 nitrogen and oxygen atoms in total. The Morgan fingerprint density at radius 2 is 1.20 bits per heavy atom. The van der Waals surface area contributed by atoms with Crippen molar-refractivity contribution in [3.05, 3.63) is 6.57 Å². The summed E-state index contributed by atoms with van der Waals surface area (Å²) in [5, 5.41) is 6.25. The molecule has 0 spiro atoms. The second-order valence-corrected chi connectivity index (χ2v) is 0. The topological polar surface area (TPSA) is 55.3 Å². The van der Waals surface area contributed by atoms with Crippen LogP contribution in [0.3, 0.4) is 0 Å². The van der Waals surface area contributed by atoms with Crippen molar-refractivity contribution >= 4 is 51.4 Å². The van der Waals surface area contributed by atoms with E-state index in [1.165, 1.54) is 0 Å². The van der Waals surface area contributed by atoms with Crippen LogP contribution in [-0.4, -0.2) is 56.9 Å². The molecule has 0 aliphatic rings. The molecule has 0 heterocycles. The first-order valence-electron chi connectivity index (χ1n) is 0.224. The van der Waals surface area contributed by atoms with Gasteiger partial charge in [-0.25, -0.2) is 0 Å². The van der Waals surface area contributed by atoms with E-state index in [1.54, 1.807) is 0 Å². The monoisotopic (exact) mass is 141 g/mol. The zero-order chi connectivity index (χ0) is 2.00. The molecule has 5 heavy (non-hydrogen) atoms. The van der Waals surface area contributed by atoms with E-state index in [4.69, 9.17) is 11.8 Å². The van der Waals surface area contributed by atoms with Crippen LogP contribution in [0.2, 0.25) is 0 Å². The third-order valence-electron chi connectivity index (χ3n) is 0. The van der Waals surface area contributed by atoms with Crippen LogP contribution in [-0.2, 0) is 16.5 Å². The molecule has 4 heteroatoms. The molecular formula is CH2KNNiO. The zero-order valence-electron chi connectivity index (χ0n) is 2.76. The minimum absolute atomic E-state index is 0. The summed E-state index contributed by atoms with van der Waals surface area (Å²) in [7, 11) is 0. The van der Waals surface area contributed by atoms with Crippen LogP contribution < -0.4 is 0 Å². The molecule has 0 rings (SSSR count). The summed E-state index contributed by atoms with van der Waals surface area (Å²) in [6.45, 7) is 4.75. The molecule has 0 aromatic carbocycles. The van der Waals surface area contributed by atoms with Crippen molar-refractivity contribution in [3.8, 4) is 0 Å². The van der Waals surface area contributed by atoms with Gasteiger partial charge in [0.1, 0.15) is 0 Å². The molecule has 0 saturated carbocycles. The fourth-order valence-electron chi connectivity index (χ4n) is 0. The molecule has 0 fully saturated rings. The molecule has 0 aromatic heterocycles. The molecule has 0 bridgehead atoms. The third kappa shape index (κ3) is 28.6. The van der Waals surface area contributed by atoms with Gasteiger partial charge in [-0.1, -0.05) is 0 Å². The molecule has 0 unspecified atom stereocenters. The van der Waals surface area contributed by atoms with Crippen molar-refractivity contribution in [2.75, 3.05) is 0 Å². The summed E-state index contributed by atoms with van der Waals surface area (Å²) in [5.41, 5.74) is 0. The summed E-state index contributed by atoms with van der Waals surface area (Å²) < 4.78 is 0.